The molecule has 7 nitrogen and oxygen atoms in total. The highest BCUT2D eigenvalue weighted by molar-refractivity contribution is 7.13. The minimum Gasteiger partial charge on any atom is -0.359 e. The van der Waals surface area contributed by atoms with Gasteiger partial charge in [-0.15, -0.1) is 11.3 Å². The van der Waals surface area contributed by atoms with E-state index in [1.807, 2.05) is 26.0 Å². The molecule has 3 aromatic rings. The van der Waals surface area contributed by atoms with Crippen molar-refractivity contribution in [2.24, 2.45) is 5.41 Å². The van der Waals surface area contributed by atoms with Crippen molar-refractivity contribution in [3.05, 3.63) is 59.0 Å². The Balaban J connectivity index is 1.53. The molecule has 8 heteroatoms. The van der Waals surface area contributed by atoms with E-state index >= 15 is 0 Å². The van der Waals surface area contributed by atoms with Crippen LogP contribution in [0.4, 0.5) is 0 Å². The first kappa shape index (κ1) is 21.2. The van der Waals surface area contributed by atoms with Crippen LogP contribution in [0.1, 0.15) is 23.6 Å². The highest BCUT2D eigenvalue weighted by Gasteiger charge is 2.45. The maximum absolute atomic E-state index is 13.0. The maximum atomic E-state index is 13.0. The van der Waals surface area contributed by atoms with E-state index in [2.05, 4.69) is 45.0 Å². The lowest BCUT2D eigenvalue weighted by Gasteiger charge is -2.28. The van der Waals surface area contributed by atoms with Crippen LogP contribution in [0, 0.1) is 19.3 Å². The topological polar surface area (TPSA) is 80.1 Å². The molecule has 1 atom stereocenters. The summed E-state index contributed by atoms with van der Waals surface area (Å²) in [4.78, 5) is 33.2. The molecule has 162 valence electrons. The summed E-state index contributed by atoms with van der Waals surface area (Å²) in [7, 11) is 1.66. The monoisotopic (exact) mass is 437 g/mol. The average molecular weight is 438 g/mol. The number of hydrogen-bond acceptors (Lipinski definition) is 5. The molecule has 0 bridgehead atoms. The largest absolute Gasteiger partial charge is 0.359 e. The third kappa shape index (κ3) is 4.39. The number of nitrogens with zero attached hydrogens (tertiary/aromatic N) is 4. The molecule has 0 unspecified atom stereocenters. The second-order valence-electron chi connectivity index (χ2n) is 8.14. The van der Waals surface area contributed by atoms with E-state index in [1.165, 1.54) is 4.88 Å². The number of aryl methyl sites for hydroxylation is 2. The summed E-state index contributed by atoms with van der Waals surface area (Å²) in [5.74, 6) is 1.31. The zero-order chi connectivity index (χ0) is 22.0. The standard InChI is InChI=1S/C23H27N5O2S/c1-16-25-17(2)28(26-16)14-21(29)27-10-9-23(15-27,22(30)24-3)13-18-6-4-7-19(12-18)20-8-5-11-31-20/h4-8,11-12H,9-10,13-15H2,1-3H3,(H,24,30)/t23-/m1/s1. The molecule has 1 aromatic carbocycles. The van der Waals surface area contributed by atoms with Crippen molar-refractivity contribution in [1.82, 2.24) is 25.0 Å². The lowest BCUT2D eigenvalue weighted by atomic mass is 9.79. The summed E-state index contributed by atoms with van der Waals surface area (Å²) in [5, 5.41) is 9.18. The molecule has 0 radical (unpaired) electrons. The number of aromatic nitrogens is 3. The van der Waals surface area contributed by atoms with Gasteiger partial charge in [-0.2, -0.15) is 5.10 Å². The van der Waals surface area contributed by atoms with Crippen LogP contribution in [0.25, 0.3) is 10.4 Å². The Morgan fingerprint density at radius 2 is 2.06 bits per heavy atom. The van der Waals surface area contributed by atoms with Gasteiger partial charge < -0.3 is 10.2 Å². The highest BCUT2D eigenvalue weighted by atomic mass is 32.1. The van der Waals surface area contributed by atoms with Crippen molar-refractivity contribution in [1.29, 1.82) is 0 Å². The molecule has 1 N–H and O–H groups in total. The van der Waals surface area contributed by atoms with Gasteiger partial charge in [0.15, 0.2) is 0 Å². The fourth-order valence-corrected chi connectivity index (χ4v) is 5.09. The van der Waals surface area contributed by atoms with E-state index in [-0.39, 0.29) is 18.4 Å². The molecule has 3 heterocycles. The van der Waals surface area contributed by atoms with Crippen LogP contribution in [0.2, 0.25) is 0 Å². The van der Waals surface area contributed by atoms with Crippen molar-refractivity contribution < 1.29 is 9.59 Å². The number of hydrogen-bond donors (Lipinski definition) is 1. The van der Waals surface area contributed by atoms with Crippen LogP contribution in [-0.4, -0.2) is 51.6 Å². The van der Waals surface area contributed by atoms with Crippen molar-refractivity contribution in [3.63, 3.8) is 0 Å². The Hall–Kier alpha value is -3.00. The summed E-state index contributed by atoms with van der Waals surface area (Å²) in [6, 6.07) is 12.5. The summed E-state index contributed by atoms with van der Waals surface area (Å²) in [5.41, 5.74) is 1.63. The fourth-order valence-electron chi connectivity index (χ4n) is 4.37. The molecule has 0 saturated carbocycles. The Morgan fingerprint density at radius 3 is 2.74 bits per heavy atom. The smallest absolute Gasteiger partial charge is 0.244 e. The van der Waals surface area contributed by atoms with Gasteiger partial charge in [0.05, 0.1) is 5.41 Å². The highest BCUT2D eigenvalue weighted by Crippen LogP contribution is 2.36. The molecule has 0 spiro atoms. The number of carbonyl (C=O) groups is 2. The zero-order valence-electron chi connectivity index (χ0n) is 18.1. The third-order valence-corrected chi connectivity index (χ3v) is 6.86. The maximum Gasteiger partial charge on any atom is 0.244 e. The molecule has 1 aliphatic heterocycles. The SMILES string of the molecule is CNC(=O)[C@@]1(Cc2cccc(-c3cccs3)c2)CCN(C(=O)Cn2nc(C)nc2C)C1. The first-order valence-electron chi connectivity index (χ1n) is 10.4. The first-order chi connectivity index (χ1) is 14.9. The number of thiophene rings is 1. The van der Waals surface area contributed by atoms with E-state index in [0.717, 1.165) is 11.1 Å². The molecule has 4 rings (SSSR count). The number of likely N-dealkylation sites (tertiary alicyclic amines) is 1. The van der Waals surface area contributed by atoms with E-state index in [0.29, 0.717) is 37.6 Å². The fraction of sp³-hybridized carbons (Fsp3) is 0.391. The zero-order valence-corrected chi connectivity index (χ0v) is 18.9. The van der Waals surface area contributed by atoms with Gasteiger partial charge in [0.1, 0.15) is 18.2 Å². The Labute approximate surface area is 186 Å². The van der Waals surface area contributed by atoms with Crippen LogP contribution in [-0.2, 0) is 22.6 Å². The van der Waals surface area contributed by atoms with Crippen molar-refractivity contribution in [3.8, 4) is 10.4 Å². The third-order valence-electron chi connectivity index (χ3n) is 5.94. The predicted octanol–water partition coefficient (Wildman–Crippen LogP) is 2.83. The first-order valence-corrected chi connectivity index (χ1v) is 11.3. The molecule has 2 aromatic heterocycles. The molecular formula is C23H27N5O2S. The predicted molar refractivity (Wildman–Crippen MR) is 121 cm³/mol. The number of rotatable bonds is 6. The molecule has 0 aliphatic carbocycles. The van der Waals surface area contributed by atoms with Gasteiger partial charge in [-0.3, -0.25) is 9.59 Å². The van der Waals surface area contributed by atoms with Gasteiger partial charge in [-0.1, -0.05) is 30.3 Å². The Kier molecular flexibility index (Phi) is 5.91. The van der Waals surface area contributed by atoms with Crippen LogP contribution in [0.15, 0.2) is 41.8 Å². The average Bonchev–Trinajstić information content (AvgIpc) is 3.49. The second kappa shape index (κ2) is 8.63. The van der Waals surface area contributed by atoms with Crippen LogP contribution in [0.5, 0.6) is 0 Å². The molecule has 1 fully saturated rings. The van der Waals surface area contributed by atoms with Gasteiger partial charge in [0.2, 0.25) is 11.8 Å². The van der Waals surface area contributed by atoms with Crippen LogP contribution in [0.3, 0.4) is 0 Å². The molecule has 31 heavy (non-hydrogen) atoms. The van der Waals surface area contributed by atoms with Crippen LogP contribution >= 0.6 is 11.3 Å². The van der Waals surface area contributed by atoms with Crippen molar-refractivity contribution >= 4 is 23.2 Å². The van der Waals surface area contributed by atoms with E-state index in [1.54, 1.807) is 28.0 Å². The summed E-state index contributed by atoms with van der Waals surface area (Å²) >= 11 is 1.70. The van der Waals surface area contributed by atoms with Gasteiger partial charge >= 0.3 is 0 Å². The lowest BCUT2D eigenvalue weighted by Crippen LogP contribution is -2.44. The van der Waals surface area contributed by atoms with E-state index < -0.39 is 5.41 Å². The number of nitrogens with one attached hydrogen (secondary N) is 1. The van der Waals surface area contributed by atoms with Crippen LogP contribution < -0.4 is 5.32 Å². The second-order valence-corrected chi connectivity index (χ2v) is 9.09. The summed E-state index contributed by atoms with van der Waals surface area (Å²) in [6.45, 7) is 4.76. The summed E-state index contributed by atoms with van der Waals surface area (Å²) < 4.78 is 1.63. The normalized spacial score (nSPS) is 18.4. The molecule has 1 aliphatic rings. The summed E-state index contributed by atoms with van der Waals surface area (Å²) in [6.07, 6.45) is 1.23. The van der Waals surface area contributed by atoms with Gasteiger partial charge in [-0.25, -0.2) is 9.67 Å². The molecule has 2 amide bonds. The number of amides is 2. The minimum atomic E-state index is -0.633. The van der Waals surface area contributed by atoms with Crippen molar-refractivity contribution in [2.75, 3.05) is 20.1 Å². The van der Waals surface area contributed by atoms with Gasteiger partial charge in [0.25, 0.3) is 0 Å². The van der Waals surface area contributed by atoms with E-state index in [4.69, 9.17) is 0 Å². The Bertz CT molecular complexity index is 1090. The Morgan fingerprint density at radius 1 is 1.23 bits per heavy atom. The minimum absolute atomic E-state index is 0.0166. The molecule has 1 saturated heterocycles. The van der Waals surface area contributed by atoms with E-state index in [9.17, 15) is 9.59 Å². The molecular weight excluding hydrogens is 410 g/mol. The van der Waals surface area contributed by atoms with Gasteiger partial charge in [-0.05, 0) is 49.3 Å². The quantitative estimate of drug-likeness (QED) is 0.643. The van der Waals surface area contributed by atoms with Gasteiger partial charge in [0, 0.05) is 25.0 Å². The van der Waals surface area contributed by atoms with Crippen molar-refractivity contribution in [2.45, 2.75) is 33.2 Å². The lowest BCUT2D eigenvalue weighted by molar-refractivity contribution is -0.133. The number of benzene rings is 1. The number of carbonyl (C=O) groups excluding carboxylic acids is 2.